The molecule has 0 aromatic rings. The monoisotopic (exact) mass is 212 g/mol. The Labute approximate surface area is 79.2 Å². The Morgan fingerprint density at radius 3 is 2.50 bits per heavy atom. The standard InChI is InChI=1S/C8H11F3O3/c1-2-3-4-13-6(12)7(5-14-7)8(9,10)11/h2-5H2,1H3/t7-/m1/s1. The molecule has 1 aliphatic heterocycles. The fraction of sp³-hybridized carbons (Fsp3) is 0.875. The van der Waals surface area contributed by atoms with Crippen molar-refractivity contribution in [2.75, 3.05) is 13.2 Å². The molecule has 6 heteroatoms. The van der Waals surface area contributed by atoms with Crippen LogP contribution in [-0.4, -0.2) is 31.0 Å². The molecule has 0 aliphatic carbocycles. The predicted molar refractivity (Wildman–Crippen MR) is 40.6 cm³/mol. The number of hydrogen-bond donors (Lipinski definition) is 0. The number of epoxide rings is 1. The highest BCUT2D eigenvalue weighted by atomic mass is 19.4. The van der Waals surface area contributed by atoms with Crippen LogP contribution in [-0.2, 0) is 14.3 Å². The van der Waals surface area contributed by atoms with E-state index in [1.54, 1.807) is 0 Å². The molecule has 14 heavy (non-hydrogen) atoms. The summed E-state index contributed by atoms with van der Waals surface area (Å²) in [6.45, 7) is 1.24. The second-order valence-corrected chi connectivity index (χ2v) is 3.10. The summed E-state index contributed by atoms with van der Waals surface area (Å²) in [6.07, 6.45) is -3.36. The second kappa shape index (κ2) is 3.76. The van der Waals surface area contributed by atoms with E-state index < -0.39 is 24.4 Å². The van der Waals surface area contributed by atoms with Gasteiger partial charge in [0.15, 0.2) is 0 Å². The number of alkyl halides is 3. The average Bonchev–Trinajstić information content (AvgIpc) is 2.82. The Morgan fingerprint density at radius 2 is 2.14 bits per heavy atom. The minimum absolute atomic E-state index is 0.0104. The van der Waals surface area contributed by atoms with Crippen molar-refractivity contribution < 1.29 is 27.4 Å². The number of unbranched alkanes of at least 4 members (excludes halogenated alkanes) is 1. The number of hydrogen-bond acceptors (Lipinski definition) is 3. The largest absolute Gasteiger partial charge is 0.463 e. The van der Waals surface area contributed by atoms with Gasteiger partial charge in [0.1, 0.15) is 0 Å². The van der Waals surface area contributed by atoms with Crippen LogP contribution in [0.15, 0.2) is 0 Å². The third-order valence-electron chi connectivity index (χ3n) is 1.95. The van der Waals surface area contributed by atoms with Crippen LogP contribution in [0.3, 0.4) is 0 Å². The third-order valence-corrected chi connectivity index (χ3v) is 1.95. The Morgan fingerprint density at radius 1 is 1.57 bits per heavy atom. The molecule has 1 heterocycles. The summed E-state index contributed by atoms with van der Waals surface area (Å²) < 4.78 is 45.3. The first-order valence-electron chi connectivity index (χ1n) is 4.32. The van der Waals surface area contributed by atoms with Crippen molar-refractivity contribution in [1.82, 2.24) is 0 Å². The maximum absolute atomic E-state index is 12.2. The summed E-state index contributed by atoms with van der Waals surface area (Å²) in [5.74, 6) is -1.32. The zero-order chi connectivity index (χ0) is 10.8. The highest BCUT2D eigenvalue weighted by molar-refractivity contribution is 5.83. The molecule has 1 atom stereocenters. The summed E-state index contributed by atoms with van der Waals surface area (Å²) in [7, 11) is 0. The Balaban J connectivity index is 2.45. The highest BCUT2D eigenvalue weighted by Crippen LogP contribution is 2.44. The lowest BCUT2D eigenvalue weighted by Gasteiger charge is -2.14. The number of ether oxygens (including phenoxy) is 2. The molecule has 82 valence electrons. The second-order valence-electron chi connectivity index (χ2n) is 3.10. The maximum Gasteiger partial charge on any atom is 0.430 e. The van der Waals surface area contributed by atoms with Crippen molar-refractivity contribution in [2.45, 2.75) is 31.5 Å². The van der Waals surface area contributed by atoms with Crippen molar-refractivity contribution in [3.63, 3.8) is 0 Å². The van der Waals surface area contributed by atoms with Gasteiger partial charge in [-0.15, -0.1) is 0 Å². The van der Waals surface area contributed by atoms with Crippen molar-refractivity contribution in [3.8, 4) is 0 Å². The van der Waals surface area contributed by atoms with E-state index in [2.05, 4.69) is 9.47 Å². The number of esters is 1. The Bertz CT molecular complexity index is 220. The van der Waals surface area contributed by atoms with E-state index in [1.807, 2.05) is 6.92 Å². The SMILES string of the molecule is CCCCOC(=O)[C@@]1(C(F)(F)F)CO1. The van der Waals surface area contributed by atoms with Gasteiger partial charge in [0.2, 0.25) is 0 Å². The van der Waals surface area contributed by atoms with Crippen LogP contribution in [0.5, 0.6) is 0 Å². The van der Waals surface area contributed by atoms with E-state index in [0.29, 0.717) is 6.42 Å². The molecule has 0 saturated carbocycles. The minimum Gasteiger partial charge on any atom is -0.463 e. The number of halogens is 3. The summed E-state index contributed by atoms with van der Waals surface area (Å²) in [6, 6.07) is 0. The molecule has 1 saturated heterocycles. The zero-order valence-electron chi connectivity index (χ0n) is 7.69. The molecular weight excluding hydrogens is 201 g/mol. The Kier molecular flexibility index (Phi) is 3.04. The number of carbonyl (C=O) groups is 1. The van der Waals surface area contributed by atoms with E-state index >= 15 is 0 Å². The lowest BCUT2D eigenvalue weighted by atomic mass is 10.1. The topological polar surface area (TPSA) is 38.8 Å². The fourth-order valence-electron chi connectivity index (χ4n) is 0.895. The van der Waals surface area contributed by atoms with Crippen molar-refractivity contribution in [1.29, 1.82) is 0 Å². The molecule has 0 radical (unpaired) electrons. The minimum atomic E-state index is -4.67. The third kappa shape index (κ3) is 2.00. The molecule has 0 aromatic heterocycles. The molecule has 0 amide bonds. The van der Waals surface area contributed by atoms with Crippen molar-refractivity contribution >= 4 is 5.97 Å². The molecule has 1 fully saturated rings. The van der Waals surface area contributed by atoms with Crippen molar-refractivity contribution in [2.24, 2.45) is 0 Å². The van der Waals surface area contributed by atoms with Gasteiger partial charge in [-0.2, -0.15) is 13.2 Å². The van der Waals surface area contributed by atoms with E-state index in [0.717, 1.165) is 6.42 Å². The fourth-order valence-corrected chi connectivity index (χ4v) is 0.895. The molecule has 0 spiro atoms. The van der Waals surface area contributed by atoms with Gasteiger partial charge in [0, 0.05) is 0 Å². The van der Waals surface area contributed by atoms with Gasteiger partial charge in [-0.1, -0.05) is 13.3 Å². The van der Waals surface area contributed by atoms with Gasteiger partial charge in [-0.3, -0.25) is 0 Å². The molecular formula is C8H11F3O3. The molecule has 0 aromatic carbocycles. The van der Waals surface area contributed by atoms with Crippen LogP contribution in [0.4, 0.5) is 13.2 Å². The van der Waals surface area contributed by atoms with E-state index in [9.17, 15) is 18.0 Å². The maximum atomic E-state index is 12.2. The van der Waals surface area contributed by atoms with Gasteiger partial charge >= 0.3 is 12.1 Å². The van der Waals surface area contributed by atoms with Gasteiger partial charge < -0.3 is 9.47 Å². The summed E-state index contributed by atoms with van der Waals surface area (Å²) in [4.78, 5) is 11.0. The molecule has 3 nitrogen and oxygen atoms in total. The van der Waals surface area contributed by atoms with Crippen molar-refractivity contribution in [3.05, 3.63) is 0 Å². The van der Waals surface area contributed by atoms with Gasteiger partial charge in [-0.05, 0) is 6.42 Å². The van der Waals surface area contributed by atoms with Gasteiger partial charge in [0.05, 0.1) is 13.2 Å². The first-order valence-corrected chi connectivity index (χ1v) is 4.32. The van der Waals surface area contributed by atoms with E-state index in [4.69, 9.17) is 0 Å². The number of rotatable bonds is 4. The number of carbonyl (C=O) groups excluding carboxylic acids is 1. The van der Waals surface area contributed by atoms with Crippen LogP contribution < -0.4 is 0 Å². The normalized spacial score (nSPS) is 26.0. The summed E-state index contributed by atoms with van der Waals surface area (Å²) in [5, 5.41) is 0. The first-order chi connectivity index (χ1) is 6.44. The summed E-state index contributed by atoms with van der Waals surface area (Å²) >= 11 is 0. The lowest BCUT2D eigenvalue weighted by Crippen LogP contribution is -2.42. The van der Waals surface area contributed by atoms with Crippen LogP contribution in [0.25, 0.3) is 0 Å². The van der Waals surface area contributed by atoms with Crippen LogP contribution in [0.1, 0.15) is 19.8 Å². The molecule has 0 N–H and O–H groups in total. The predicted octanol–water partition coefficient (Wildman–Crippen LogP) is 1.66. The zero-order valence-corrected chi connectivity index (χ0v) is 7.69. The lowest BCUT2D eigenvalue weighted by molar-refractivity contribution is -0.203. The Hall–Kier alpha value is -0.780. The smallest absolute Gasteiger partial charge is 0.430 e. The molecule has 0 bridgehead atoms. The van der Waals surface area contributed by atoms with Crippen LogP contribution in [0, 0.1) is 0 Å². The van der Waals surface area contributed by atoms with E-state index in [1.165, 1.54) is 0 Å². The highest BCUT2D eigenvalue weighted by Gasteiger charge is 2.72. The van der Waals surface area contributed by atoms with Gasteiger partial charge in [-0.25, -0.2) is 4.79 Å². The van der Waals surface area contributed by atoms with Gasteiger partial charge in [0.25, 0.3) is 5.60 Å². The molecule has 1 aliphatic rings. The quantitative estimate of drug-likeness (QED) is 0.404. The van der Waals surface area contributed by atoms with E-state index in [-0.39, 0.29) is 6.61 Å². The average molecular weight is 212 g/mol. The molecule has 0 unspecified atom stereocenters. The molecule has 1 rings (SSSR count). The van der Waals surface area contributed by atoms with Crippen LogP contribution >= 0.6 is 0 Å². The first kappa shape index (κ1) is 11.3. The summed E-state index contributed by atoms with van der Waals surface area (Å²) in [5.41, 5.74) is -2.67. The van der Waals surface area contributed by atoms with Crippen LogP contribution in [0.2, 0.25) is 0 Å².